The van der Waals surface area contributed by atoms with Crippen molar-refractivity contribution in [1.29, 1.82) is 0 Å². The van der Waals surface area contributed by atoms with E-state index < -0.39 is 0 Å². The average molecular weight is 408 g/mol. The van der Waals surface area contributed by atoms with Crippen LogP contribution in [0.1, 0.15) is 42.1 Å². The van der Waals surface area contributed by atoms with Gasteiger partial charge in [0.25, 0.3) is 0 Å². The summed E-state index contributed by atoms with van der Waals surface area (Å²) in [5, 5.41) is 1.21. The molecule has 0 atom stereocenters. The first-order chi connectivity index (χ1) is 10.0. The van der Waals surface area contributed by atoms with Crippen LogP contribution in [-0.4, -0.2) is 40.6 Å². The van der Waals surface area contributed by atoms with Crippen molar-refractivity contribution < 1.29 is 9.59 Å². The summed E-state index contributed by atoms with van der Waals surface area (Å²) in [4.78, 5) is 24.4. The number of hydrogen-bond donors (Lipinski definition) is 0. The fourth-order valence-electron chi connectivity index (χ4n) is 2.55. The molecule has 2 heterocycles. The number of benzene rings is 1. The molecule has 0 aliphatic heterocycles. The molecular formula is C17H14O2Se2. The first-order valence-corrected chi connectivity index (χ1v) is 10.1. The monoisotopic (exact) mass is 410 g/mol. The van der Waals surface area contributed by atoms with Crippen LogP contribution in [0.3, 0.4) is 0 Å². The molecule has 3 rings (SSSR count). The van der Waals surface area contributed by atoms with Gasteiger partial charge in [-0.2, -0.15) is 0 Å². The molecule has 0 fully saturated rings. The number of aryl methyl sites for hydroxylation is 2. The molecule has 0 spiro atoms. The number of rotatable bonds is 3. The van der Waals surface area contributed by atoms with Gasteiger partial charge >= 0.3 is 135 Å². The van der Waals surface area contributed by atoms with E-state index in [-0.39, 0.29) is 40.6 Å². The Morgan fingerprint density at radius 3 is 2.05 bits per heavy atom. The van der Waals surface area contributed by atoms with Crippen LogP contribution < -0.4 is 0 Å². The molecule has 0 unspecified atom stereocenters. The van der Waals surface area contributed by atoms with E-state index in [0.29, 0.717) is 0 Å². The molecule has 0 aliphatic rings. The number of carbonyl (C=O) groups excluding carboxylic acids is 2. The summed E-state index contributed by atoms with van der Waals surface area (Å²) < 4.78 is 3.30. The molecule has 0 bridgehead atoms. The molecule has 21 heavy (non-hydrogen) atoms. The second-order valence-electron chi connectivity index (χ2n) is 5.03. The van der Waals surface area contributed by atoms with Crippen molar-refractivity contribution in [2.75, 3.05) is 0 Å². The van der Waals surface area contributed by atoms with E-state index in [1.54, 1.807) is 6.92 Å². The van der Waals surface area contributed by atoms with Gasteiger partial charge in [-0.3, -0.25) is 0 Å². The molecule has 0 radical (unpaired) electrons. The van der Waals surface area contributed by atoms with Gasteiger partial charge < -0.3 is 0 Å². The molecule has 0 saturated carbocycles. The van der Waals surface area contributed by atoms with Crippen molar-refractivity contribution in [3.8, 4) is 0 Å². The third-order valence-corrected chi connectivity index (χ3v) is 10.2. The van der Waals surface area contributed by atoms with Crippen LogP contribution in [0.15, 0.2) is 30.3 Å². The van der Waals surface area contributed by atoms with E-state index in [9.17, 15) is 9.59 Å². The number of Topliss-reactive ketones (excluding diaryl/α,β-unsaturated/α-hetero) is 1. The van der Waals surface area contributed by atoms with Gasteiger partial charge in [-0.05, 0) is 0 Å². The van der Waals surface area contributed by atoms with Gasteiger partial charge in [0.15, 0.2) is 0 Å². The van der Waals surface area contributed by atoms with Crippen molar-refractivity contribution in [3.63, 3.8) is 0 Å². The van der Waals surface area contributed by atoms with Crippen LogP contribution in [0.4, 0.5) is 0 Å². The summed E-state index contributed by atoms with van der Waals surface area (Å²) in [6.07, 6.45) is 0. The van der Waals surface area contributed by atoms with E-state index in [1.165, 1.54) is 8.52 Å². The van der Waals surface area contributed by atoms with Crippen molar-refractivity contribution in [2.45, 2.75) is 20.8 Å². The van der Waals surface area contributed by atoms with Gasteiger partial charge in [-0.15, -0.1) is 0 Å². The molecule has 106 valence electrons. The summed E-state index contributed by atoms with van der Waals surface area (Å²) in [7, 11) is 0. The number of carbonyl (C=O) groups is 2. The molecular weight excluding hydrogens is 394 g/mol. The topological polar surface area (TPSA) is 34.1 Å². The third-order valence-electron chi connectivity index (χ3n) is 3.59. The predicted octanol–water partition coefficient (Wildman–Crippen LogP) is 3.00. The summed E-state index contributed by atoms with van der Waals surface area (Å²) >= 11 is 0.191. The Balaban J connectivity index is 2.16. The first-order valence-electron chi connectivity index (χ1n) is 6.64. The molecule has 4 heteroatoms. The standard InChI is InChI=1S/C17H14O2Se2/c1-9-13-10(2)16(14(19)12-7-5-4-6-8-12)21-17(13)20-15(9)11(3)18/h4-8H,1-3H3. The molecule has 1 aromatic carbocycles. The van der Waals surface area contributed by atoms with E-state index in [2.05, 4.69) is 0 Å². The Kier molecular flexibility index (Phi) is 3.89. The fourth-order valence-corrected chi connectivity index (χ4v) is 9.21. The normalized spacial score (nSPS) is 11.0. The Bertz CT molecular complexity index is 854. The second kappa shape index (κ2) is 5.55. The molecule has 2 aromatic heterocycles. The summed E-state index contributed by atoms with van der Waals surface area (Å²) in [6.45, 7) is 5.70. The van der Waals surface area contributed by atoms with Crippen molar-refractivity contribution in [1.82, 2.24) is 0 Å². The van der Waals surface area contributed by atoms with E-state index in [1.807, 2.05) is 44.2 Å². The molecule has 0 N–H and O–H groups in total. The molecule has 0 saturated heterocycles. The minimum absolute atomic E-state index is 0.0742. The second-order valence-corrected chi connectivity index (χ2v) is 10.6. The van der Waals surface area contributed by atoms with Crippen molar-refractivity contribution in [3.05, 3.63) is 55.9 Å². The molecule has 3 aromatic rings. The van der Waals surface area contributed by atoms with Crippen LogP contribution in [0.25, 0.3) is 8.52 Å². The summed E-state index contributed by atoms with van der Waals surface area (Å²) in [5.74, 6) is 0.330. The minimum atomic E-state index is 0.0742. The van der Waals surface area contributed by atoms with Crippen LogP contribution in [0.2, 0.25) is 0 Å². The van der Waals surface area contributed by atoms with Crippen LogP contribution >= 0.6 is 0 Å². The van der Waals surface area contributed by atoms with Gasteiger partial charge in [0.1, 0.15) is 0 Å². The molecule has 0 aliphatic carbocycles. The van der Waals surface area contributed by atoms with Crippen LogP contribution in [-0.2, 0) is 0 Å². The van der Waals surface area contributed by atoms with Crippen molar-refractivity contribution >= 4 is 49.1 Å². The van der Waals surface area contributed by atoms with Gasteiger partial charge in [0.05, 0.1) is 0 Å². The predicted molar refractivity (Wildman–Crippen MR) is 87.2 cm³/mol. The quantitative estimate of drug-likeness (QED) is 0.494. The van der Waals surface area contributed by atoms with E-state index in [0.717, 1.165) is 25.6 Å². The first kappa shape index (κ1) is 14.7. The zero-order chi connectivity index (χ0) is 15.1. The van der Waals surface area contributed by atoms with Gasteiger partial charge in [-0.1, -0.05) is 0 Å². The van der Waals surface area contributed by atoms with Gasteiger partial charge in [0.2, 0.25) is 0 Å². The van der Waals surface area contributed by atoms with Crippen LogP contribution in [0.5, 0.6) is 0 Å². The SMILES string of the molecule is CC(=O)c1[se]c2[se]c(C(=O)c3ccccc3)c(C)c2c1C. The summed E-state index contributed by atoms with van der Waals surface area (Å²) in [5.41, 5.74) is 2.96. The number of fused-ring (bicyclic) bond motifs is 1. The number of ketones is 2. The Morgan fingerprint density at radius 2 is 1.48 bits per heavy atom. The van der Waals surface area contributed by atoms with Gasteiger partial charge in [-0.25, -0.2) is 0 Å². The van der Waals surface area contributed by atoms with Gasteiger partial charge in [0, 0.05) is 0 Å². The average Bonchev–Trinajstić information content (AvgIpc) is 2.97. The maximum absolute atomic E-state index is 12.7. The summed E-state index contributed by atoms with van der Waals surface area (Å²) in [6, 6.07) is 9.46. The van der Waals surface area contributed by atoms with Crippen molar-refractivity contribution in [2.24, 2.45) is 0 Å². The van der Waals surface area contributed by atoms with E-state index >= 15 is 0 Å². The Hall–Kier alpha value is -1.18. The zero-order valence-corrected chi connectivity index (χ0v) is 15.4. The Morgan fingerprint density at radius 1 is 0.905 bits per heavy atom. The Labute approximate surface area is 135 Å². The number of hydrogen-bond acceptors (Lipinski definition) is 2. The zero-order valence-electron chi connectivity index (χ0n) is 12.0. The van der Waals surface area contributed by atoms with E-state index in [4.69, 9.17) is 0 Å². The third kappa shape index (κ3) is 2.43. The van der Waals surface area contributed by atoms with Crippen LogP contribution in [0, 0.1) is 13.8 Å². The maximum atomic E-state index is 12.7. The molecule has 0 amide bonds. The molecule has 2 nitrogen and oxygen atoms in total. The fraction of sp³-hybridized carbons (Fsp3) is 0.176.